The van der Waals surface area contributed by atoms with Gasteiger partial charge in [0.1, 0.15) is 11.2 Å². The van der Waals surface area contributed by atoms with E-state index < -0.39 is 27.2 Å². The summed E-state index contributed by atoms with van der Waals surface area (Å²) in [6.45, 7) is 3.09. The number of carbonyl (C=O) groups is 1. The summed E-state index contributed by atoms with van der Waals surface area (Å²) in [7, 11) is -0.127. The minimum absolute atomic E-state index is 0.129. The number of hydrogen-bond donors (Lipinski definition) is 1. The lowest BCUT2D eigenvalue weighted by molar-refractivity contribution is -0.384. The average molecular weight is 379 g/mol. The molecule has 0 aromatic heterocycles. The highest BCUT2D eigenvalue weighted by Crippen LogP contribution is 2.36. The predicted octanol–water partition coefficient (Wildman–Crippen LogP) is 2.46. The quantitative estimate of drug-likeness (QED) is 0.479. The van der Waals surface area contributed by atoms with E-state index in [0.29, 0.717) is 9.37 Å². The number of nitro groups is 1. The van der Waals surface area contributed by atoms with Crippen molar-refractivity contribution in [2.24, 2.45) is 0 Å². The normalized spacial score (nSPS) is 12.6. The maximum Gasteiger partial charge on any atom is 0.330 e. The molecule has 0 aliphatic carbocycles. The van der Waals surface area contributed by atoms with Crippen LogP contribution in [0.15, 0.2) is 21.5 Å². The molecule has 116 valence electrons. The van der Waals surface area contributed by atoms with Gasteiger partial charge in [-0.1, -0.05) is 0 Å². The molecule has 0 aliphatic heterocycles. The monoisotopic (exact) mass is 378 g/mol. The lowest BCUT2D eigenvalue weighted by atomic mass is 10.1. The molecule has 0 amide bonds. The molecule has 0 spiro atoms. The first kappa shape index (κ1) is 17.6. The Kier molecular flexibility index (Phi) is 5.46. The van der Waals surface area contributed by atoms with E-state index in [1.165, 1.54) is 25.5 Å². The third-order valence-electron chi connectivity index (χ3n) is 2.70. The first-order valence-corrected chi connectivity index (χ1v) is 8.13. The van der Waals surface area contributed by atoms with Crippen molar-refractivity contribution in [1.82, 2.24) is 0 Å². The van der Waals surface area contributed by atoms with Gasteiger partial charge in [-0.15, -0.1) is 0 Å². The molecule has 0 aliphatic rings. The summed E-state index contributed by atoms with van der Waals surface area (Å²) in [4.78, 5) is 22.6. The summed E-state index contributed by atoms with van der Waals surface area (Å²) in [5.74, 6) is -0.563. The fourth-order valence-electron chi connectivity index (χ4n) is 1.62. The molecule has 0 heterocycles. The molecule has 1 N–H and O–H groups in total. The Morgan fingerprint density at radius 2 is 2.05 bits per heavy atom. The number of nitrogens with one attached hydrogen (secondary N) is 1. The molecule has 0 saturated carbocycles. The molecule has 0 saturated heterocycles. The third kappa shape index (κ3) is 4.01. The molecule has 1 aromatic carbocycles. The number of nitro benzene ring substituents is 1. The summed E-state index contributed by atoms with van der Waals surface area (Å²) in [5, 5.41) is 14.0. The first-order chi connectivity index (χ1) is 9.60. The molecule has 1 rings (SSSR count). The summed E-state index contributed by atoms with van der Waals surface area (Å²) in [6.07, 6.45) is 1.43. The maximum absolute atomic E-state index is 11.7. The lowest BCUT2D eigenvalue weighted by Gasteiger charge is -2.25. The number of nitrogens with zero attached hydrogens (tertiary/aromatic N) is 1. The van der Waals surface area contributed by atoms with E-state index in [0.717, 1.165) is 0 Å². The van der Waals surface area contributed by atoms with Crippen LogP contribution in [0.3, 0.4) is 0 Å². The van der Waals surface area contributed by atoms with Crippen molar-refractivity contribution in [2.75, 3.05) is 18.7 Å². The Labute approximate surface area is 132 Å². The minimum Gasteiger partial charge on any atom is -0.467 e. The van der Waals surface area contributed by atoms with Crippen molar-refractivity contribution in [1.29, 1.82) is 0 Å². The van der Waals surface area contributed by atoms with Crippen molar-refractivity contribution < 1.29 is 18.7 Å². The van der Waals surface area contributed by atoms with Crippen LogP contribution >= 0.6 is 15.9 Å². The second-order valence-corrected chi connectivity index (χ2v) is 6.99. The summed E-state index contributed by atoms with van der Waals surface area (Å²) >= 11 is 3.20. The van der Waals surface area contributed by atoms with Gasteiger partial charge in [-0.25, -0.2) is 4.79 Å². The molecular formula is C12H15BrN2O5S. The van der Waals surface area contributed by atoms with Crippen LogP contribution in [0.4, 0.5) is 11.4 Å². The molecule has 0 fully saturated rings. The van der Waals surface area contributed by atoms with Crippen LogP contribution < -0.4 is 5.32 Å². The highest BCUT2D eigenvalue weighted by molar-refractivity contribution is 9.10. The predicted molar refractivity (Wildman–Crippen MR) is 82.8 cm³/mol. The number of methoxy groups -OCH3 is 1. The molecule has 1 aromatic rings. The molecule has 9 heteroatoms. The molecule has 7 nitrogen and oxygen atoms in total. The smallest absolute Gasteiger partial charge is 0.330 e. The van der Waals surface area contributed by atoms with Gasteiger partial charge in [0.15, 0.2) is 0 Å². The fourth-order valence-corrected chi connectivity index (χ4v) is 2.88. The minimum atomic E-state index is -1.36. The Hall–Kier alpha value is -1.48. The average Bonchev–Trinajstić information content (AvgIpc) is 2.38. The van der Waals surface area contributed by atoms with Crippen molar-refractivity contribution >= 4 is 44.1 Å². The van der Waals surface area contributed by atoms with Gasteiger partial charge in [0.2, 0.25) is 0 Å². The van der Waals surface area contributed by atoms with Crippen molar-refractivity contribution in [3.8, 4) is 0 Å². The van der Waals surface area contributed by atoms with E-state index in [1.807, 2.05) is 0 Å². The number of hydrogen-bond acceptors (Lipinski definition) is 6. The fraction of sp³-hybridized carbons (Fsp3) is 0.417. The standard InChI is InChI=1S/C12H15BrN2O5S/c1-12(2,11(16)20-3)14-10-8(13)5-7(21(4)19)6-9(10)15(17)18/h5-6,14H,1-4H3. The van der Waals surface area contributed by atoms with Crippen LogP contribution in [-0.2, 0) is 20.3 Å². The number of anilines is 1. The van der Waals surface area contributed by atoms with Gasteiger partial charge >= 0.3 is 5.97 Å². The topological polar surface area (TPSA) is 98.5 Å². The zero-order valence-corrected chi connectivity index (χ0v) is 14.3. The van der Waals surface area contributed by atoms with E-state index in [9.17, 15) is 19.1 Å². The van der Waals surface area contributed by atoms with Gasteiger partial charge < -0.3 is 10.1 Å². The number of benzene rings is 1. The number of ether oxygens (including phenoxy) is 1. The van der Waals surface area contributed by atoms with Crippen LogP contribution in [0.5, 0.6) is 0 Å². The molecule has 0 radical (unpaired) electrons. The van der Waals surface area contributed by atoms with Crippen molar-refractivity contribution in [3.05, 3.63) is 26.7 Å². The summed E-state index contributed by atoms with van der Waals surface area (Å²) in [6, 6.07) is 2.73. The maximum atomic E-state index is 11.7. The SMILES string of the molecule is COC(=O)C(C)(C)Nc1c(Br)cc(S(C)=O)cc1[N+](=O)[O-]. The van der Waals surface area contributed by atoms with Gasteiger partial charge in [-0.2, -0.15) is 0 Å². The van der Waals surface area contributed by atoms with Crippen LogP contribution in [0.1, 0.15) is 13.8 Å². The van der Waals surface area contributed by atoms with E-state index in [1.54, 1.807) is 13.8 Å². The van der Waals surface area contributed by atoms with E-state index in [4.69, 9.17) is 0 Å². The van der Waals surface area contributed by atoms with Crippen LogP contribution in [0.25, 0.3) is 0 Å². The van der Waals surface area contributed by atoms with Crippen molar-refractivity contribution in [2.45, 2.75) is 24.3 Å². The second kappa shape index (κ2) is 6.52. The van der Waals surface area contributed by atoms with Crippen molar-refractivity contribution in [3.63, 3.8) is 0 Å². The lowest BCUT2D eigenvalue weighted by Crippen LogP contribution is -2.41. The largest absolute Gasteiger partial charge is 0.467 e. The molecule has 21 heavy (non-hydrogen) atoms. The van der Waals surface area contributed by atoms with Gasteiger partial charge in [-0.3, -0.25) is 14.3 Å². The Balaban J connectivity index is 3.39. The highest BCUT2D eigenvalue weighted by Gasteiger charge is 2.32. The first-order valence-electron chi connectivity index (χ1n) is 5.78. The van der Waals surface area contributed by atoms with Crippen LogP contribution in [-0.4, -0.2) is 34.0 Å². The third-order valence-corrected chi connectivity index (χ3v) is 4.23. The Morgan fingerprint density at radius 1 is 1.48 bits per heavy atom. The molecular weight excluding hydrogens is 364 g/mol. The van der Waals surface area contributed by atoms with Gasteiger partial charge in [-0.05, 0) is 35.8 Å². The summed E-state index contributed by atoms with van der Waals surface area (Å²) in [5.41, 5.74) is -1.30. The molecule has 1 unspecified atom stereocenters. The number of halogens is 1. The van der Waals surface area contributed by atoms with E-state index >= 15 is 0 Å². The van der Waals surface area contributed by atoms with Gasteiger partial charge in [0, 0.05) is 21.7 Å². The van der Waals surface area contributed by atoms with E-state index in [2.05, 4.69) is 26.0 Å². The number of rotatable bonds is 5. The van der Waals surface area contributed by atoms with Crippen LogP contribution in [0, 0.1) is 10.1 Å². The zero-order chi connectivity index (χ0) is 16.4. The number of esters is 1. The van der Waals surface area contributed by atoms with Gasteiger partial charge in [0.05, 0.1) is 22.8 Å². The van der Waals surface area contributed by atoms with E-state index in [-0.39, 0.29) is 11.4 Å². The molecule has 0 bridgehead atoms. The highest BCUT2D eigenvalue weighted by atomic mass is 79.9. The van der Waals surface area contributed by atoms with Gasteiger partial charge in [0.25, 0.3) is 5.69 Å². The summed E-state index contributed by atoms with van der Waals surface area (Å²) < 4.78 is 16.5. The Morgan fingerprint density at radius 3 is 2.48 bits per heavy atom. The second-order valence-electron chi connectivity index (χ2n) is 4.75. The zero-order valence-electron chi connectivity index (χ0n) is 11.9. The Bertz CT molecular complexity index is 618. The number of carbonyl (C=O) groups excluding carboxylic acids is 1. The molecule has 1 atom stereocenters. The van der Waals surface area contributed by atoms with Crippen LogP contribution in [0.2, 0.25) is 0 Å².